The van der Waals surface area contributed by atoms with Crippen molar-refractivity contribution in [3.05, 3.63) is 35.7 Å². The van der Waals surface area contributed by atoms with Gasteiger partial charge in [-0.25, -0.2) is 0 Å². The first-order valence-electron chi connectivity index (χ1n) is 6.71. The van der Waals surface area contributed by atoms with Crippen LogP contribution in [0.25, 0.3) is 5.69 Å². The lowest BCUT2D eigenvalue weighted by molar-refractivity contribution is -0.137. The van der Waals surface area contributed by atoms with E-state index in [1.165, 1.54) is 0 Å². The largest absolute Gasteiger partial charge is 0.481 e. The Labute approximate surface area is 117 Å². The Bertz CT molecular complexity index is 577. The molecule has 1 N–H and O–H groups in total. The summed E-state index contributed by atoms with van der Waals surface area (Å²) < 4.78 is 1.72. The first-order valence-corrected chi connectivity index (χ1v) is 6.71. The highest BCUT2D eigenvalue weighted by Crippen LogP contribution is 2.20. The molecule has 0 amide bonds. The SMILES string of the molecule is CCCc1nnnn1-c1ccc(C(C)CC(=O)O)cc1. The third-order valence-electron chi connectivity index (χ3n) is 3.20. The van der Waals surface area contributed by atoms with E-state index in [0.29, 0.717) is 0 Å². The van der Waals surface area contributed by atoms with Gasteiger partial charge in [-0.3, -0.25) is 4.79 Å². The Kier molecular flexibility index (Phi) is 4.45. The van der Waals surface area contributed by atoms with Gasteiger partial charge < -0.3 is 5.11 Å². The van der Waals surface area contributed by atoms with E-state index in [1.807, 2.05) is 31.2 Å². The monoisotopic (exact) mass is 274 g/mol. The van der Waals surface area contributed by atoms with Gasteiger partial charge in [-0.2, -0.15) is 4.68 Å². The van der Waals surface area contributed by atoms with Crippen LogP contribution >= 0.6 is 0 Å². The zero-order valence-electron chi connectivity index (χ0n) is 11.7. The van der Waals surface area contributed by atoms with Gasteiger partial charge in [-0.1, -0.05) is 26.0 Å². The van der Waals surface area contributed by atoms with Crippen LogP contribution in [0.5, 0.6) is 0 Å². The lowest BCUT2D eigenvalue weighted by atomic mass is 9.98. The molecule has 0 fully saturated rings. The molecule has 2 aromatic rings. The third kappa shape index (κ3) is 3.20. The predicted octanol–water partition coefficient (Wildman–Crippen LogP) is 2.19. The first kappa shape index (κ1) is 14.2. The average molecular weight is 274 g/mol. The zero-order chi connectivity index (χ0) is 14.5. The van der Waals surface area contributed by atoms with Crippen LogP contribution in [0.15, 0.2) is 24.3 Å². The van der Waals surface area contributed by atoms with Gasteiger partial charge in [-0.15, -0.1) is 5.10 Å². The van der Waals surface area contributed by atoms with Crippen LogP contribution in [0.1, 0.15) is 44.0 Å². The van der Waals surface area contributed by atoms with Crippen molar-refractivity contribution in [3.8, 4) is 5.69 Å². The molecule has 0 aliphatic rings. The average Bonchev–Trinajstić information content (AvgIpc) is 2.87. The third-order valence-corrected chi connectivity index (χ3v) is 3.20. The number of rotatable bonds is 6. The van der Waals surface area contributed by atoms with E-state index in [1.54, 1.807) is 4.68 Å². The lowest BCUT2D eigenvalue weighted by Gasteiger charge is -2.10. The summed E-state index contributed by atoms with van der Waals surface area (Å²) in [7, 11) is 0. The van der Waals surface area contributed by atoms with Crippen LogP contribution < -0.4 is 0 Å². The summed E-state index contributed by atoms with van der Waals surface area (Å²) in [5.74, 6) is 0.0386. The van der Waals surface area contributed by atoms with Crippen molar-refractivity contribution < 1.29 is 9.90 Å². The molecule has 1 heterocycles. The van der Waals surface area contributed by atoms with E-state index in [-0.39, 0.29) is 12.3 Å². The maximum absolute atomic E-state index is 10.7. The fourth-order valence-corrected chi connectivity index (χ4v) is 2.11. The molecule has 6 nitrogen and oxygen atoms in total. The summed E-state index contributed by atoms with van der Waals surface area (Å²) in [4.78, 5) is 10.7. The molecule has 0 bridgehead atoms. The molecule has 1 aromatic heterocycles. The smallest absolute Gasteiger partial charge is 0.303 e. The van der Waals surface area contributed by atoms with Gasteiger partial charge >= 0.3 is 5.97 Å². The molecular formula is C14H18N4O2. The number of aromatic nitrogens is 4. The Morgan fingerprint density at radius 2 is 2.05 bits per heavy atom. The highest BCUT2D eigenvalue weighted by Gasteiger charge is 2.11. The molecule has 2 rings (SSSR count). The van der Waals surface area contributed by atoms with Gasteiger partial charge in [0.25, 0.3) is 0 Å². The van der Waals surface area contributed by atoms with Crippen LogP contribution in [0.4, 0.5) is 0 Å². The van der Waals surface area contributed by atoms with Crippen LogP contribution in [0.2, 0.25) is 0 Å². The van der Waals surface area contributed by atoms with Crippen molar-refractivity contribution in [2.24, 2.45) is 0 Å². The normalized spacial score (nSPS) is 12.3. The minimum atomic E-state index is -0.785. The van der Waals surface area contributed by atoms with E-state index in [0.717, 1.165) is 29.9 Å². The van der Waals surface area contributed by atoms with Gasteiger partial charge in [0.2, 0.25) is 0 Å². The number of nitrogens with zero attached hydrogens (tertiary/aromatic N) is 4. The second-order valence-electron chi connectivity index (χ2n) is 4.85. The zero-order valence-corrected chi connectivity index (χ0v) is 11.7. The molecule has 1 atom stereocenters. The number of carbonyl (C=O) groups is 1. The molecule has 0 saturated heterocycles. The lowest BCUT2D eigenvalue weighted by Crippen LogP contribution is -2.05. The molecule has 0 spiro atoms. The van der Waals surface area contributed by atoms with Gasteiger partial charge in [0.1, 0.15) is 0 Å². The highest BCUT2D eigenvalue weighted by atomic mass is 16.4. The van der Waals surface area contributed by atoms with Gasteiger partial charge in [0.15, 0.2) is 5.82 Å². The molecule has 0 aliphatic carbocycles. The Morgan fingerprint density at radius 3 is 2.65 bits per heavy atom. The number of hydrogen-bond acceptors (Lipinski definition) is 4. The summed E-state index contributed by atoms with van der Waals surface area (Å²) in [6.07, 6.45) is 1.93. The Morgan fingerprint density at radius 1 is 1.35 bits per heavy atom. The molecule has 0 radical (unpaired) electrons. The van der Waals surface area contributed by atoms with Crippen molar-refractivity contribution in [2.75, 3.05) is 0 Å². The van der Waals surface area contributed by atoms with Crippen molar-refractivity contribution in [2.45, 2.75) is 39.0 Å². The van der Waals surface area contributed by atoms with Gasteiger partial charge in [0.05, 0.1) is 12.1 Å². The number of tetrazole rings is 1. The molecule has 0 saturated carbocycles. The molecular weight excluding hydrogens is 256 g/mol. The summed E-state index contributed by atoms with van der Waals surface area (Å²) in [5, 5.41) is 20.5. The summed E-state index contributed by atoms with van der Waals surface area (Å²) in [6.45, 7) is 3.98. The molecule has 1 unspecified atom stereocenters. The Hall–Kier alpha value is -2.24. The number of aliphatic carboxylic acids is 1. The summed E-state index contributed by atoms with van der Waals surface area (Å²) in [6, 6.07) is 7.70. The summed E-state index contributed by atoms with van der Waals surface area (Å²) in [5.41, 5.74) is 1.89. The Balaban J connectivity index is 2.19. The molecule has 0 aliphatic heterocycles. The minimum Gasteiger partial charge on any atom is -0.481 e. The van der Waals surface area contributed by atoms with Gasteiger partial charge in [0, 0.05) is 6.42 Å². The number of benzene rings is 1. The predicted molar refractivity (Wildman–Crippen MR) is 73.8 cm³/mol. The molecule has 6 heteroatoms. The molecule has 1 aromatic carbocycles. The van der Waals surface area contributed by atoms with Crippen molar-refractivity contribution in [3.63, 3.8) is 0 Å². The van der Waals surface area contributed by atoms with E-state index in [9.17, 15) is 4.79 Å². The maximum Gasteiger partial charge on any atom is 0.303 e. The molecule has 20 heavy (non-hydrogen) atoms. The number of hydrogen-bond donors (Lipinski definition) is 1. The van der Waals surface area contributed by atoms with E-state index >= 15 is 0 Å². The van der Waals surface area contributed by atoms with E-state index < -0.39 is 5.97 Å². The molecule has 106 valence electrons. The van der Waals surface area contributed by atoms with Crippen LogP contribution in [0.3, 0.4) is 0 Å². The standard InChI is InChI=1S/C14H18N4O2/c1-3-4-13-15-16-17-18(13)12-7-5-11(6-8-12)10(2)9-14(19)20/h5-8,10H,3-4,9H2,1-2H3,(H,19,20). The van der Waals surface area contributed by atoms with Crippen LogP contribution in [-0.4, -0.2) is 31.3 Å². The van der Waals surface area contributed by atoms with Crippen LogP contribution in [-0.2, 0) is 11.2 Å². The number of aryl methyl sites for hydroxylation is 1. The number of carboxylic acid groups (broad SMARTS) is 1. The van der Waals surface area contributed by atoms with E-state index in [2.05, 4.69) is 22.4 Å². The van der Waals surface area contributed by atoms with Crippen molar-refractivity contribution in [1.82, 2.24) is 20.2 Å². The number of carboxylic acids is 1. The second-order valence-corrected chi connectivity index (χ2v) is 4.85. The highest BCUT2D eigenvalue weighted by molar-refractivity contribution is 5.68. The fourth-order valence-electron chi connectivity index (χ4n) is 2.11. The van der Waals surface area contributed by atoms with Gasteiger partial charge in [-0.05, 0) is 40.5 Å². The first-order chi connectivity index (χ1) is 9.61. The van der Waals surface area contributed by atoms with Crippen LogP contribution in [0, 0.1) is 0 Å². The summed E-state index contributed by atoms with van der Waals surface area (Å²) >= 11 is 0. The fraction of sp³-hybridized carbons (Fsp3) is 0.429. The minimum absolute atomic E-state index is 0.00877. The van der Waals surface area contributed by atoms with Crippen molar-refractivity contribution in [1.29, 1.82) is 0 Å². The second kappa shape index (κ2) is 6.27. The van der Waals surface area contributed by atoms with Crippen molar-refractivity contribution >= 4 is 5.97 Å². The maximum atomic E-state index is 10.7. The van der Waals surface area contributed by atoms with E-state index in [4.69, 9.17) is 5.11 Å². The topological polar surface area (TPSA) is 80.9 Å². The quantitative estimate of drug-likeness (QED) is 0.873.